The number of halogens is 1. The van der Waals surface area contributed by atoms with Crippen LogP contribution in [0.2, 0.25) is 0 Å². The van der Waals surface area contributed by atoms with Gasteiger partial charge in [-0.15, -0.1) is 0 Å². The van der Waals surface area contributed by atoms with E-state index in [1.807, 2.05) is 25.1 Å². The second-order valence-electron chi connectivity index (χ2n) is 4.35. The van der Waals surface area contributed by atoms with Crippen molar-refractivity contribution in [2.75, 3.05) is 0 Å². The minimum Gasteiger partial charge on any atom is -0.325 e. The van der Waals surface area contributed by atoms with Crippen molar-refractivity contribution in [1.82, 2.24) is 14.6 Å². The van der Waals surface area contributed by atoms with E-state index < -0.39 is 0 Å². The van der Waals surface area contributed by atoms with Crippen molar-refractivity contribution in [3.63, 3.8) is 0 Å². The molecule has 0 aliphatic carbocycles. The molecule has 4 nitrogen and oxygen atoms in total. The Labute approximate surface area is 109 Å². The van der Waals surface area contributed by atoms with E-state index >= 15 is 0 Å². The lowest BCUT2D eigenvalue weighted by molar-refractivity contribution is 0.628. The van der Waals surface area contributed by atoms with Gasteiger partial charge in [0.1, 0.15) is 5.82 Å². The lowest BCUT2D eigenvalue weighted by Crippen LogP contribution is -2.05. The van der Waals surface area contributed by atoms with Crippen LogP contribution in [0, 0.1) is 12.7 Å². The first-order chi connectivity index (χ1) is 9.19. The third-order valence-corrected chi connectivity index (χ3v) is 3.08. The van der Waals surface area contributed by atoms with Crippen molar-refractivity contribution in [3.8, 4) is 11.3 Å². The Balaban J connectivity index is 2.21. The molecule has 2 heterocycles. The third-order valence-electron chi connectivity index (χ3n) is 3.08. The lowest BCUT2D eigenvalue weighted by atomic mass is 10.1. The summed E-state index contributed by atoms with van der Waals surface area (Å²) in [7, 11) is 0. The zero-order chi connectivity index (χ0) is 13.4. The summed E-state index contributed by atoms with van der Waals surface area (Å²) in [6.45, 7) is 2.27. The fourth-order valence-corrected chi connectivity index (χ4v) is 2.13. The van der Waals surface area contributed by atoms with Crippen LogP contribution in [0.3, 0.4) is 0 Å². The monoisotopic (exact) mass is 256 g/mol. The molecule has 0 spiro atoms. The SMILES string of the molecule is Cc1nc2ccc(-c3cccc(F)c3)nn2c1CN. The fraction of sp³-hybridized carbons (Fsp3) is 0.143. The van der Waals surface area contributed by atoms with E-state index in [0.29, 0.717) is 12.2 Å². The minimum atomic E-state index is -0.278. The summed E-state index contributed by atoms with van der Waals surface area (Å²) >= 11 is 0. The molecule has 0 aliphatic heterocycles. The van der Waals surface area contributed by atoms with Crippen LogP contribution in [-0.2, 0) is 6.54 Å². The molecular weight excluding hydrogens is 243 g/mol. The molecule has 0 radical (unpaired) electrons. The Morgan fingerprint density at radius 1 is 1.26 bits per heavy atom. The second-order valence-corrected chi connectivity index (χ2v) is 4.35. The topological polar surface area (TPSA) is 56.2 Å². The molecule has 3 rings (SSSR count). The average Bonchev–Trinajstić information content (AvgIpc) is 2.73. The maximum atomic E-state index is 13.2. The molecule has 0 bridgehead atoms. The molecule has 0 saturated carbocycles. The van der Waals surface area contributed by atoms with E-state index in [1.54, 1.807) is 10.6 Å². The zero-order valence-corrected chi connectivity index (χ0v) is 10.5. The number of benzene rings is 1. The fourth-order valence-electron chi connectivity index (χ4n) is 2.13. The van der Waals surface area contributed by atoms with Crippen molar-refractivity contribution < 1.29 is 4.39 Å². The molecule has 3 aromatic rings. The van der Waals surface area contributed by atoms with Gasteiger partial charge in [0.15, 0.2) is 5.65 Å². The van der Waals surface area contributed by atoms with Gasteiger partial charge in [0.2, 0.25) is 0 Å². The van der Waals surface area contributed by atoms with Crippen LogP contribution in [0.25, 0.3) is 16.9 Å². The van der Waals surface area contributed by atoms with Gasteiger partial charge in [0.25, 0.3) is 0 Å². The van der Waals surface area contributed by atoms with E-state index in [-0.39, 0.29) is 5.82 Å². The van der Waals surface area contributed by atoms with Crippen molar-refractivity contribution in [2.45, 2.75) is 13.5 Å². The summed E-state index contributed by atoms with van der Waals surface area (Å²) in [5, 5.41) is 4.49. The molecule has 2 N–H and O–H groups in total. The normalized spacial score (nSPS) is 11.1. The Morgan fingerprint density at radius 2 is 2.11 bits per heavy atom. The van der Waals surface area contributed by atoms with Crippen LogP contribution in [-0.4, -0.2) is 14.6 Å². The van der Waals surface area contributed by atoms with E-state index in [0.717, 1.165) is 22.6 Å². The summed E-state index contributed by atoms with van der Waals surface area (Å²) in [4.78, 5) is 4.38. The van der Waals surface area contributed by atoms with Crippen molar-refractivity contribution in [2.24, 2.45) is 5.73 Å². The summed E-state index contributed by atoms with van der Waals surface area (Å²) < 4.78 is 15.0. The Bertz CT molecular complexity index is 748. The van der Waals surface area contributed by atoms with Crippen LogP contribution in [0.1, 0.15) is 11.4 Å². The number of aromatic nitrogens is 3. The second kappa shape index (κ2) is 4.44. The zero-order valence-electron chi connectivity index (χ0n) is 10.5. The molecule has 0 amide bonds. The van der Waals surface area contributed by atoms with E-state index in [2.05, 4.69) is 10.1 Å². The van der Waals surface area contributed by atoms with Gasteiger partial charge in [0, 0.05) is 12.1 Å². The Hall–Kier alpha value is -2.27. The summed E-state index contributed by atoms with van der Waals surface area (Å²) in [5.41, 5.74) is 9.62. The maximum absolute atomic E-state index is 13.2. The van der Waals surface area contributed by atoms with E-state index in [1.165, 1.54) is 12.1 Å². The third kappa shape index (κ3) is 1.98. The van der Waals surface area contributed by atoms with Gasteiger partial charge >= 0.3 is 0 Å². The van der Waals surface area contributed by atoms with Gasteiger partial charge in [0.05, 0.1) is 17.1 Å². The van der Waals surface area contributed by atoms with Crippen LogP contribution < -0.4 is 5.73 Å². The quantitative estimate of drug-likeness (QED) is 0.765. The highest BCUT2D eigenvalue weighted by atomic mass is 19.1. The molecule has 1 aromatic carbocycles. The molecule has 19 heavy (non-hydrogen) atoms. The largest absolute Gasteiger partial charge is 0.325 e. The predicted octanol–water partition coefficient (Wildman–Crippen LogP) is 2.30. The number of fused-ring (bicyclic) bond motifs is 1. The predicted molar refractivity (Wildman–Crippen MR) is 71.0 cm³/mol. The molecule has 2 aromatic heterocycles. The first kappa shape index (κ1) is 11.8. The first-order valence-corrected chi connectivity index (χ1v) is 6.00. The molecule has 0 aliphatic rings. The minimum absolute atomic E-state index is 0.278. The number of hydrogen-bond donors (Lipinski definition) is 1. The molecular formula is C14H13FN4. The van der Waals surface area contributed by atoms with Gasteiger partial charge in [-0.2, -0.15) is 5.10 Å². The average molecular weight is 256 g/mol. The first-order valence-electron chi connectivity index (χ1n) is 6.00. The van der Waals surface area contributed by atoms with Crippen molar-refractivity contribution in [3.05, 3.63) is 53.6 Å². The van der Waals surface area contributed by atoms with Crippen molar-refractivity contribution in [1.29, 1.82) is 0 Å². The Kier molecular flexibility index (Phi) is 2.76. The maximum Gasteiger partial charge on any atom is 0.154 e. The van der Waals surface area contributed by atoms with Crippen LogP contribution >= 0.6 is 0 Å². The van der Waals surface area contributed by atoms with Gasteiger partial charge in [-0.1, -0.05) is 12.1 Å². The van der Waals surface area contributed by atoms with Crippen LogP contribution in [0.4, 0.5) is 4.39 Å². The number of aryl methyl sites for hydroxylation is 1. The van der Waals surface area contributed by atoms with Gasteiger partial charge < -0.3 is 5.73 Å². The van der Waals surface area contributed by atoms with Crippen molar-refractivity contribution >= 4 is 5.65 Å². The number of nitrogens with zero attached hydrogens (tertiary/aromatic N) is 3. The van der Waals surface area contributed by atoms with E-state index in [9.17, 15) is 4.39 Å². The highest BCUT2D eigenvalue weighted by molar-refractivity contribution is 5.60. The van der Waals surface area contributed by atoms with Gasteiger partial charge in [-0.3, -0.25) is 0 Å². The standard InChI is InChI=1S/C14H13FN4/c1-9-13(8-16)19-14(17-9)6-5-12(18-19)10-3-2-4-11(15)7-10/h2-7H,8,16H2,1H3. The number of imidazole rings is 1. The number of hydrogen-bond acceptors (Lipinski definition) is 3. The molecule has 5 heteroatoms. The van der Waals surface area contributed by atoms with Gasteiger partial charge in [-0.05, 0) is 31.2 Å². The molecule has 0 atom stereocenters. The number of nitrogens with two attached hydrogens (primary N) is 1. The lowest BCUT2D eigenvalue weighted by Gasteiger charge is -2.03. The number of rotatable bonds is 2. The summed E-state index contributed by atoms with van der Waals surface area (Å²) in [6.07, 6.45) is 0. The van der Waals surface area contributed by atoms with Crippen LogP contribution in [0.15, 0.2) is 36.4 Å². The molecule has 0 fully saturated rings. The smallest absolute Gasteiger partial charge is 0.154 e. The molecule has 0 unspecified atom stereocenters. The summed E-state index contributed by atoms with van der Waals surface area (Å²) in [5.74, 6) is -0.278. The highest BCUT2D eigenvalue weighted by Crippen LogP contribution is 2.19. The van der Waals surface area contributed by atoms with Gasteiger partial charge in [-0.25, -0.2) is 13.9 Å². The molecule has 0 saturated heterocycles. The van der Waals surface area contributed by atoms with E-state index in [4.69, 9.17) is 5.73 Å². The highest BCUT2D eigenvalue weighted by Gasteiger charge is 2.09. The Morgan fingerprint density at radius 3 is 2.84 bits per heavy atom. The van der Waals surface area contributed by atoms with Crippen LogP contribution in [0.5, 0.6) is 0 Å². The molecule has 96 valence electrons. The summed E-state index contributed by atoms with van der Waals surface area (Å²) in [6, 6.07) is 10.0.